The summed E-state index contributed by atoms with van der Waals surface area (Å²) in [6.45, 7) is 3.15. The van der Waals surface area contributed by atoms with Gasteiger partial charge in [-0.25, -0.2) is 0 Å². The molecule has 78 valence electrons. The van der Waals surface area contributed by atoms with Gasteiger partial charge in [0.1, 0.15) is 6.07 Å². The van der Waals surface area contributed by atoms with E-state index in [1.54, 1.807) is 0 Å². The lowest BCUT2D eigenvalue weighted by Crippen LogP contribution is -2.36. The molecule has 1 fully saturated rings. The van der Waals surface area contributed by atoms with E-state index in [-0.39, 0.29) is 0 Å². The van der Waals surface area contributed by atoms with E-state index in [4.69, 9.17) is 10.00 Å². The van der Waals surface area contributed by atoms with Crippen molar-refractivity contribution in [1.82, 2.24) is 0 Å². The Balaban J connectivity index is 2.37. The van der Waals surface area contributed by atoms with E-state index >= 15 is 0 Å². The van der Waals surface area contributed by atoms with Crippen LogP contribution in [0.4, 0.5) is 5.69 Å². The van der Waals surface area contributed by atoms with Gasteiger partial charge in [-0.3, -0.25) is 0 Å². The molecule has 0 aromatic heterocycles. The lowest BCUT2D eigenvalue weighted by molar-refractivity contribution is 0.122. The average Bonchev–Trinajstić information content (AvgIpc) is 2.29. The molecular weight excluding hydrogens is 256 g/mol. The smallest absolute Gasteiger partial charge is 0.101 e. The predicted octanol–water partition coefficient (Wildman–Crippen LogP) is 2.16. The monoisotopic (exact) mass is 266 g/mol. The van der Waals surface area contributed by atoms with Crippen LogP contribution in [0.15, 0.2) is 22.7 Å². The van der Waals surface area contributed by atoms with Gasteiger partial charge < -0.3 is 9.64 Å². The molecule has 0 atom stereocenters. The molecule has 4 heteroatoms. The number of halogens is 1. The third kappa shape index (κ3) is 2.14. The minimum Gasteiger partial charge on any atom is -0.378 e. The molecule has 0 N–H and O–H groups in total. The van der Waals surface area contributed by atoms with Crippen molar-refractivity contribution < 1.29 is 4.74 Å². The van der Waals surface area contributed by atoms with Crippen molar-refractivity contribution >= 4 is 21.6 Å². The lowest BCUT2D eigenvalue weighted by atomic mass is 10.1. The van der Waals surface area contributed by atoms with Gasteiger partial charge in [-0.1, -0.05) is 6.07 Å². The molecule has 0 amide bonds. The highest BCUT2D eigenvalue weighted by Gasteiger charge is 2.16. The predicted molar refractivity (Wildman–Crippen MR) is 61.9 cm³/mol. The van der Waals surface area contributed by atoms with Crippen molar-refractivity contribution in [3.8, 4) is 6.07 Å². The van der Waals surface area contributed by atoms with E-state index in [2.05, 4.69) is 26.9 Å². The van der Waals surface area contributed by atoms with Crippen LogP contribution in [-0.2, 0) is 4.74 Å². The molecule has 0 aliphatic carbocycles. The number of nitriles is 1. The summed E-state index contributed by atoms with van der Waals surface area (Å²) in [5.74, 6) is 0. The second-order valence-electron chi connectivity index (χ2n) is 3.35. The average molecular weight is 267 g/mol. The molecule has 0 radical (unpaired) electrons. The first kappa shape index (κ1) is 10.5. The summed E-state index contributed by atoms with van der Waals surface area (Å²) in [6, 6.07) is 7.91. The fourth-order valence-electron chi connectivity index (χ4n) is 1.71. The van der Waals surface area contributed by atoms with Gasteiger partial charge in [0.05, 0.1) is 24.5 Å². The van der Waals surface area contributed by atoms with Crippen molar-refractivity contribution in [3.05, 3.63) is 28.2 Å². The fraction of sp³-hybridized carbons (Fsp3) is 0.364. The van der Waals surface area contributed by atoms with Crippen LogP contribution in [0.3, 0.4) is 0 Å². The molecule has 1 saturated heterocycles. The Morgan fingerprint density at radius 2 is 2.07 bits per heavy atom. The molecule has 1 heterocycles. The first-order chi connectivity index (χ1) is 7.33. The van der Waals surface area contributed by atoms with Crippen LogP contribution in [0.25, 0.3) is 0 Å². The highest BCUT2D eigenvalue weighted by molar-refractivity contribution is 9.10. The normalized spacial score (nSPS) is 16.1. The molecule has 1 aliphatic rings. The van der Waals surface area contributed by atoms with Crippen molar-refractivity contribution in [2.45, 2.75) is 0 Å². The summed E-state index contributed by atoms with van der Waals surface area (Å²) in [5, 5.41) is 9.04. The van der Waals surface area contributed by atoms with Gasteiger partial charge in [0.2, 0.25) is 0 Å². The zero-order valence-electron chi connectivity index (χ0n) is 8.24. The number of hydrogen-bond acceptors (Lipinski definition) is 3. The van der Waals surface area contributed by atoms with Crippen LogP contribution in [0.5, 0.6) is 0 Å². The minimum atomic E-state index is 0.714. The number of hydrogen-bond donors (Lipinski definition) is 0. The quantitative estimate of drug-likeness (QED) is 0.782. The Morgan fingerprint density at radius 1 is 1.33 bits per heavy atom. The van der Waals surface area contributed by atoms with Gasteiger partial charge in [0.15, 0.2) is 0 Å². The van der Waals surface area contributed by atoms with Crippen LogP contribution in [-0.4, -0.2) is 26.3 Å². The molecule has 1 aromatic carbocycles. The third-order valence-electron chi connectivity index (χ3n) is 2.43. The molecule has 0 unspecified atom stereocenters. The van der Waals surface area contributed by atoms with Crippen LogP contribution in [0.2, 0.25) is 0 Å². The summed E-state index contributed by atoms with van der Waals surface area (Å²) in [5.41, 5.74) is 1.70. The Morgan fingerprint density at radius 3 is 2.73 bits per heavy atom. The van der Waals surface area contributed by atoms with Crippen molar-refractivity contribution in [1.29, 1.82) is 5.26 Å². The number of morpholine rings is 1. The molecule has 15 heavy (non-hydrogen) atoms. The Hall–Kier alpha value is -1.05. The maximum Gasteiger partial charge on any atom is 0.101 e. The SMILES string of the molecule is N#Cc1cccc(Br)c1N1CCOCC1. The van der Waals surface area contributed by atoms with Gasteiger partial charge in [0.25, 0.3) is 0 Å². The minimum absolute atomic E-state index is 0.714. The van der Waals surface area contributed by atoms with Crippen molar-refractivity contribution in [3.63, 3.8) is 0 Å². The molecule has 0 saturated carbocycles. The maximum absolute atomic E-state index is 9.04. The summed E-state index contributed by atoms with van der Waals surface area (Å²) < 4.78 is 6.27. The van der Waals surface area contributed by atoms with E-state index < -0.39 is 0 Å². The summed E-state index contributed by atoms with van der Waals surface area (Å²) in [6.07, 6.45) is 0. The topological polar surface area (TPSA) is 36.3 Å². The fourth-order valence-corrected chi connectivity index (χ4v) is 2.33. The summed E-state index contributed by atoms with van der Waals surface area (Å²) in [4.78, 5) is 2.19. The molecule has 1 aromatic rings. The summed E-state index contributed by atoms with van der Waals surface area (Å²) >= 11 is 3.49. The molecule has 2 rings (SSSR count). The lowest BCUT2D eigenvalue weighted by Gasteiger charge is -2.30. The second kappa shape index (κ2) is 4.65. The van der Waals surface area contributed by atoms with Crippen LogP contribution in [0, 0.1) is 11.3 Å². The Labute approximate surface area is 97.4 Å². The van der Waals surface area contributed by atoms with Gasteiger partial charge >= 0.3 is 0 Å². The van der Waals surface area contributed by atoms with Crippen LogP contribution >= 0.6 is 15.9 Å². The van der Waals surface area contributed by atoms with E-state index in [0.717, 1.165) is 36.5 Å². The molecule has 3 nitrogen and oxygen atoms in total. The first-order valence-corrected chi connectivity index (χ1v) is 5.63. The molecule has 0 bridgehead atoms. The van der Waals surface area contributed by atoms with E-state index in [0.29, 0.717) is 5.56 Å². The highest BCUT2D eigenvalue weighted by Crippen LogP contribution is 2.30. The van der Waals surface area contributed by atoms with Crippen LogP contribution in [0.1, 0.15) is 5.56 Å². The zero-order valence-corrected chi connectivity index (χ0v) is 9.83. The van der Waals surface area contributed by atoms with Gasteiger partial charge in [-0.05, 0) is 28.1 Å². The number of anilines is 1. The number of nitrogens with zero attached hydrogens (tertiary/aromatic N) is 2. The standard InChI is InChI=1S/C11H11BrN2O/c12-10-3-1-2-9(8-13)11(10)14-4-6-15-7-5-14/h1-3H,4-7H2. The molecule has 0 spiro atoms. The zero-order chi connectivity index (χ0) is 10.7. The number of para-hydroxylation sites is 1. The summed E-state index contributed by atoms with van der Waals surface area (Å²) in [7, 11) is 0. The van der Waals surface area contributed by atoms with Crippen LogP contribution < -0.4 is 4.90 Å². The molecular formula is C11H11BrN2O. The number of benzene rings is 1. The first-order valence-electron chi connectivity index (χ1n) is 4.84. The number of ether oxygens (including phenoxy) is 1. The Bertz CT molecular complexity index is 394. The van der Waals surface area contributed by atoms with E-state index in [9.17, 15) is 0 Å². The maximum atomic E-state index is 9.04. The van der Waals surface area contributed by atoms with E-state index in [1.807, 2.05) is 18.2 Å². The highest BCUT2D eigenvalue weighted by atomic mass is 79.9. The largest absolute Gasteiger partial charge is 0.378 e. The van der Waals surface area contributed by atoms with E-state index in [1.165, 1.54) is 0 Å². The van der Waals surface area contributed by atoms with Gasteiger partial charge in [-0.15, -0.1) is 0 Å². The van der Waals surface area contributed by atoms with Crippen molar-refractivity contribution in [2.24, 2.45) is 0 Å². The third-order valence-corrected chi connectivity index (χ3v) is 3.07. The van der Waals surface area contributed by atoms with Gasteiger partial charge in [-0.2, -0.15) is 5.26 Å². The van der Waals surface area contributed by atoms with Gasteiger partial charge in [0, 0.05) is 17.6 Å². The number of rotatable bonds is 1. The Kier molecular flexibility index (Phi) is 3.24. The second-order valence-corrected chi connectivity index (χ2v) is 4.20. The molecule has 1 aliphatic heterocycles. The van der Waals surface area contributed by atoms with Crippen molar-refractivity contribution in [2.75, 3.05) is 31.2 Å².